The van der Waals surface area contributed by atoms with Crippen molar-refractivity contribution < 1.29 is 3.74 Å². The van der Waals surface area contributed by atoms with Crippen molar-refractivity contribution in [1.82, 2.24) is 0 Å². The third-order valence-electron chi connectivity index (χ3n) is 11.5. The Kier molecular flexibility index (Phi) is 5.09. The third kappa shape index (κ3) is 3.29. The van der Waals surface area contributed by atoms with Crippen molar-refractivity contribution in [2.24, 2.45) is 0 Å². The van der Waals surface area contributed by atoms with E-state index in [-0.39, 0.29) is 0 Å². The zero-order valence-electron chi connectivity index (χ0n) is 26.9. The molecule has 1 nitrogen and oxygen atoms in total. The second kappa shape index (κ2) is 9.42. The molecule has 0 fully saturated rings. The number of hydrogen-bond donors (Lipinski definition) is 0. The fourth-order valence-electron chi connectivity index (χ4n) is 9.37. The minimum absolute atomic E-state index is 0.957. The molecule has 0 unspecified atom stereocenters. The minimum atomic E-state index is -4.54. The normalized spacial score (nSPS) is 12.9. The van der Waals surface area contributed by atoms with E-state index in [1.165, 1.54) is 80.8 Å². The van der Waals surface area contributed by atoms with Crippen LogP contribution in [-0.2, 0) is 3.74 Å². The summed E-state index contributed by atoms with van der Waals surface area (Å²) >= 11 is -4.54. The molecule has 12 rings (SSSR count). The Labute approximate surface area is 289 Å². The van der Waals surface area contributed by atoms with Gasteiger partial charge in [0.15, 0.2) is 0 Å². The van der Waals surface area contributed by atoms with E-state index in [1.807, 2.05) is 0 Å². The molecule has 0 atom stereocenters. The molecular weight excluding hydrogens is 667 g/mol. The maximum atomic E-state index is 17.3. The van der Waals surface area contributed by atoms with Gasteiger partial charge in [0.25, 0.3) is 0 Å². The van der Waals surface area contributed by atoms with E-state index in [2.05, 4.69) is 164 Å². The summed E-state index contributed by atoms with van der Waals surface area (Å²) in [7, 11) is 0. The maximum absolute atomic E-state index is 17.3. The molecule has 12 aromatic rings. The van der Waals surface area contributed by atoms with Crippen molar-refractivity contribution in [3.63, 3.8) is 0 Å². The molecule has 0 saturated carbocycles. The Bertz CT molecular complexity index is 3000. The molecule has 0 bridgehead atoms. The quantitative estimate of drug-likeness (QED) is 0.133. The van der Waals surface area contributed by atoms with Crippen LogP contribution in [0.5, 0.6) is 0 Å². The molecule has 2 heteroatoms. The first-order chi connectivity index (χ1) is 24.7. The Morgan fingerprint density at radius 1 is 0.240 bits per heavy atom. The first-order valence-corrected chi connectivity index (χ1v) is 20.9. The standard InChI is InChI=1S/C48H27AsO/c50-49(40-25-19-34-13-10-28-4-1-7-31-16-22-37(40)46(34)43(28)31,41-26-20-35-14-11-29-5-2-8-32-17-23-38(41)47(35)44(29)32)42-27-21-36-15-12-30-6-3-9-33-18-24-39(42)48(36)45(30)33/h1-27H. The van der Waals surface area contributed by atoms with Crippen molar-refractivity contribution in [2.75, 3.05) is 0 Å². The van der Waals surface area contributed by atoms with E-state index in [0.29, 0.717) is 0 Å². The molecule has 0 radical (unpaired) electrons. The topological polar surface area (TPSA) is 17.1 Å². The average molecular weight is 695 g/mol. The van der Waals surface area contributed by atoms with Gasteiger partial charge in [-0.1, -0.05) is 0 Å². The van der Waals surface area contributed by atoms with E-state index in [9.17, 15) is 0 Å². The van der Waals surface area contributed by atoms with Gasteiger partial charge < -0.3 is 0 Å². The number of hydrogen-bond acceptors (Lipinski definition) is 1. The average Bonchev–Trinajstić information content (AvgIpc) is 3.17. The van der Waals surface area contributed by atoms with Crippen LogP contribution in [0, 0.1) is 0 Å². The second-order valence-electron chi connectivity index (χ2n) is 13.9. The molecular formula is C48H27AsO. The summed E-state index contributed by atoms with van der Waals surface area (Å²) in [5.74, 6) is 0. The molecule has 0 aliphatic carbocycles. The molecule has 12 aromatic carbocycles. The van der Waals surface area contributed by atoms with E-state index in [1.54, 1.807) is 0 Å². The predicted octanol–water partition coefficient (Wildman–Crippen LogP) is 10.8. The fraction of sp³-hybridized carbons (Fsp3) is 0. The van der Waals surface area contributed by atoms with E-state index in [4.69, 9.17) is 0 Å². The van der Waals surface area contributed by atoms with Gasteiger partial charge in [-0.25, -0.2) is 0 Å². The van der Waals surface area contributed by atoms with E-state index < -0.39 is 13.5 Å². The zero-order chi connectivity index (χ0) is 32.7. The van der Waals surface area contributed by atoms with Crippen molar-refractivity contribution in [1.29, 1.82) is 0 Å². The van der Waals surface area contributed by atoms with Crippen LogP contribution < -0.4 is 13.1 Å². The summed E-state index contributed by atoms with van der Waals surface area (Å²) in [6.07, 6.45) is 0. The Morgan fingerprint density at radius 3 is 0.740 bits per heavy atom. The van der Waals surface area contributed by atoms with Crippen molar-refractivity contribution in [3.05, 3.63) is 164 Å². The summed E-state index contributed by atoms with van der Waals surface area (Å²) in [6.45, 7) is 0. The first kappa shape index (κ1) is 27.0. The van der Waals surface area contributed by atoms with Gasteiger partial charge >= 0.3 is 291 Å². The van der Waals surface area contributed by atoms with Gasteiger partial charge in [-0.05, 0) is 0 Å². The molecule has 0 aliphatic rings. The Balaban J connectivity index is 1.30. The van der Waals surface area contributed by atoms with Gasteiger partial charge in [0.2, 0.25) is 0 Å². The summed E-state index contributed by atoms with van der Waals surface area (Å²) in [4.78, 5) is 0. The molecule has 230 valence electrons. The van der Waals surface area contributed by atoms with Gasteiger partial charge in [0.1, 0.15) is 0 Å². The van der Waals surface area contributed by atoms with E-state index >= 15 is 3.74 Å². The second-order valence-corrected chi connectivity index (χ2v) is 19.5. The molecule has 0 aromatic heterocycles. The summed E-state index contributed by atoms with van der Waals surface area (Å²) in [6, 6.07) is 59.5. The van der Waals surface area contributed by atoms with Crippen molar-refractivity contribution >= 4 is 123 Å². The molecule has 0 saturated heterocycles. The summed E-state index contributed by atoms with van der Waals surface area (Å²) in [5, 5.41) is 21.4. The Morgan fingerprint density at radius 2 is 0.460 bits per heavy atom. The van der Waals surface area contributed by atoms with Crippen LogP contribution in [-0.4, -0.2) is 13.5 Å². The molecule has 0 aliphatic heterocycles. The number of rotatable bonds is 3. The number of benzene rings is 12. The van der Waals surface area contributed by atoms with E-state index in [0.717, 1.165) is 29.2 Å². The van der Waals surface area contributed by atoms with Crippen LogP contribution in [0.4, 0.5) is 0 Å². The van der Waals surface area contributed by atoms with Gasteiger partial charge in [-0.2, -0.15) is 0 Å². The fourth-order valence-corrected chi connectivity index (χ4v) is 16.1. The molecule has 0 spiro atoms. The summed E-state index contributed by atoms with van der Waals surface area (Å²) < 4.78 is 20.2. The van der Waals surface area contributed by atoms with Crippen LogP contribution in [0.15, 0.2) is 164 Å². The molecule has 0 heterocycles. The third-order valence-corrected chi connectivity index (χ3v) is 18.3. The van der Waals surface area contributed by atoms with Gasteiger partial charge in [0.05, 0.1) is 0 Å². The molecule has 0 amide bonds. The van der Waals surface area contributed by atoms with Crippen LogP contribution >= 0.6 is 0 Å². The monoisotopic (exact) mass is 694 g/mol. The predicted molar refractivity (Wildman–Crippen MR) is 216 cm³/mol. The van der Waals surface area contributed by atoms with Gasteiger partial charge in [0, 0.05) is 0 Å². The van der Waals surface area contributed by atoms with Crippen LogP contribution in [0.1, 0.15) is 0 Å². The van der Waals surface area contributed by atoms with Crippen LogP contribution in [0.3, 0.4) is 0 Å². The first-order valence-electron chi connectivity index (χ1n) is 17.3. The molecule has 0 N–H and O–H groups in total. The summed E-state index contributed by atoms with van der Waals surface area (Å²) in [5.41, 5.74) is 0. The van der Waals surface area contributed by atoms with Crippen molar-refractivity contribution in [3.8, 4) is 0 Å². The SMILES string of the molecule is O=[As](c1ccc2ccc3cccc4ccc1c2c34)(c1ccc2ccc3cccc4ccc1c2c34)c1ccc2ccc3cccc4ccc1c2c34. The van der Waals surface area contributed by atoms with Gasteiger partial charge in [-0.15, -0.1) is 0 Å². The van der Waals surface area contributed by atoms with Gasteiger partial charge in [-0.3, -0.25) is 0 Å². The van der Waals surface area contributed by atoms with Crippen molar-refractivity contribution in [2.45, 2.75) is 0 Å². The van der Waals surface area contributed by atoms with Crippen LogP contribution in [0.25, 0.3) is 97.0 Å². The zero-order valence-corrected chi connectivity index (χ0v) is 28.8. The Hall–Kier alpha value is -5.88. The molecule has 50 heavy (non-hydrogen) atoms. The van der Waals surface area contributed by atoms with Crippen LogP contribution in [0.2, 0.25) is 0 Å².